The van der Waals surface area contributed by atoms with Crippen LogP contribution in [0.25, 0.3) is 0 Å². The van der Waals surface area contributed by atoms with Crippen molar-refractivity contribution in [1.29, 1.82) is 1.34 Å². The summed E-state index contributed by atoms with van der Waals surface area (Å²) in [5.41, 5.74) is -0.164. The van der Waals surface area contributed by atoms with Gasteiger partial charge in [-0.3, -0.25) is 4.79 Å². The fourth-order valence-corrected chi connectivity index (χ4v) is 3.39. The van der Waals surface area contributed by atoms with Crippen molar-refractivity contribution in [2.75, 3.05) is 6.61 Å². The Labute approximate surface area is 167 Å². The van der Waals surface area contributed by atoms with E-state index in [2.05, 4.69) is 0 Å². The lowest BCUT2D eigenvalue weighted by molar-refractivity contribution is -0.151. The van der Waals surface area contributed by atoms with E-state index in [1.54, 1.807) is 46.8 Å². The summed E-state index contributed by atoms with van der Waals surface area (Å²) >= 11 is 0.803. The maximum atomic E-state index is 12.8. The molecule has 0 saturated carbocycles. The highest BCUT2D eigenvalue weighted by molar-refractivity contribution is 8.15. The van der Waals surface area contributed by atoms with Gasteiger partial charge < -0.3 is 18.4 Å². The van der Waals surface area contributed by atoms with Crippen LogP contribution in [0.2, 0.25) is 0 Å². The molecule has 0 aliphatic carbocycles. The minimum absolute atomic E-state index is 0.228. The summed E-state index contributed by atoms with van der Waals surface area (Å²) in [6.07, 6.45) is 2.86. The second kappa shape index (κ2) is 8.38. The average Bonchev–Trinajstić information content (AvgIpc) is 3.06. The molecule has 2 rings (SSSR count). The van der Waals surface area contributed by atoms with Crippen molar-refractivity contribution in [2.24, 2.45) is 0 Å². The van der Waals surface area contributed by atoms with Gasteiger partial charge in [-0.05, 0) is 48.5 Å². The van der Waals surface area contributed by atoms with Gasteiger partial charge in [0.25, 0.3) is 5.91 Å². The molecule has 27 heavy (non-hydrogen) atoms. The zero-order valence-electron chi connectivity index (χ0n) is 17.6. The summed E-state index contributed by atoms with van der Waals surface area (Å²) in [6.45, 7) is 10.8. The fourth-order valence-electron chi connectivity index (χ4n) is 3.03. The molecule has 0 unspecified atom stereocenters. The lowest BCUT2D eigenvalue weighted by Crippen LogP contribution is -2.53. The number of rotatable bonds is 6. The second-order valence-corrected chi connectivity index (χ2v) is 8.19. The number of imide groups is 1. The van der Waals surface area contributed by atoms with E-state index >= 15 is 0 Å². The Kier molecular flexibility index (Phi) is 6.35. The number of nitrogens with zero attached hydrogens (tertiary/aromatic N) is 1. The van der Waals surface area contributed by atoms with Crippen LogP contribution in [0.1, 0.15) is 41.5 Å². The SMILES string of the molecule is [3H][B]SO[C@@H]([C@H]1C(/C=C\C)=CC(=O)N1C(=O)OC(C)(C)C)[C@H]1COC(C)(C)O1. The molecule has 0 N–H and O–H groups in total. The van der Waals surface area contributed by atoms with Crippen LogP contribution in [0.3, 0.4) is 0 Å². The first-order chi connectivity index (χ1) is 13.0. The Bertz CT molecular complexity index is 663. The molecule has 0 aromatic heterocycles. The van der Waals surface area contributed by atoms with E-state index in [0.29, 0.717) is 5.57 Å². The Hall–Kier alpha value is -1.29. The Morgan fingerprint density at radius 3 is 2.78 bits per heavy atom. The summed E-state index contributed by atoms with van der Waals surface area (Å²) < 4.78 is 30.1. The number of ether oxygens (including phenoxy) is 3. The van der Waals surface area contributed by atoms with Crippen molar-refractivity contribution in [3.05, 3.63) is 23.8 Å². The summed E-state index contributed by atoms with van der Waals surface area (Å²) in [4.78, 5) is 26.5. The molecule has 0 bridgehead atoms. The lowest BCUT2D eigenvalue weighted by atomic mass is 9.98. The normalized spacial score (nSPS) is 26.9. The van der Waals surface area contributed by atoms with Gasteiger partial charge in [0.1, 0.15) is 17.8 Å². The number of hydrogen-bond acceptors (Lipinski definition) is 7. The first-order valence-electron chi connectivity index (χ1n) is 9.31. The van der Waals surface area contributed by atoms with Crippen LogP contribution in [0.15, 0.2) is 23.8 Å². The summed E-state index contributed by atoms with van der Waals surface area (Å²) in [5.74, 6) is -1.30. The first-order valence-corrected chi connectivity index (χ1v) is 9.54. The van der Waals surface area contributed by atoms with E-state index in [4.69, 9.17) is 19.7 Å². The van der Waals surface area contributed by atoms with Gasteiger partial charge in [0.15, 0.2) is 5.79 Å². The van der Waals surface area contributed by atoms with E-state index < -0.39 is 41.6 Å². The second-order valence-electron chi connectivity index (χ2n) is 7.80. The van der Waals surface area contributed by atoms with E-state index in [0.717, 1.165) is 23.9 Å². The van der Waals surface area contributed by atoms with E-state index in [1.165, 1.54) is 6.08 Å². The molecule has 0 aromatic rings. The molecule has 0 spiro atoms. The van der Waals surface area contributed by atoms with Crippen LogP contribution in [-0.4, -0.2) is 61.6 Å². The maximum Gasteiger partial charge on any atom is 0.417 e. The smallest absolute Gasteiger partial charge is 0.417 e. The standard InChI is InChI=1S/C18H27BNO6S/c1-7-8-11-9-13(21)20(16(22)25-17(2,3)4)14(11)15(26-27-19)12-10-23-18(5,6)24-12/h7-9,12,14-15,19H,10H2,1-6H3/b8-7-/t12-,14-,15-/m1/s1/i19T. The molecule has 2 amide bonds. The third kappa shape index (κ3) is 5.37. The predicted molar refractivity (Wildman–Crippen MR) is 104 cm³/mol. The summed E-state index contributed by atoms with van der Waals surface area (Å²) in [6, 6.07) is -0.770. The molecular weight excluding hydrogens is 369 g/mol. The molecule has 9 heteroatoms. The van der Waals surface area contributed by atoms with Gasteiger partial charge in [-0.25, -0.2) is 9.69 Å². The van der Waals surface area contributed by atoms with E-state index in [1.807, 2.05) is 6.92 Å². The van der Waals surface area contributed by atoms with Gasteiger partial charge >= 0.3 is 6.09 Å². The van der Waals surface area contributed by atoms with E-state index in [-0.39, 0.29) is 6.61 Å². The molecule has 1 saturated heterocycles. The minimum atomic E-state index is -0.814. The van der Waals surface area contributed by atoms with Crippen LogP contribution in [0.4, 0.5) is 4.79 Å². The largest absolute Gasteiger partial charge is 0.443 e. The highest BCUT2D eigenvalue weighted by Gasteiger charge is 2.49. The van der Waals surface area contributed by atoms with Crippen molar-refractivity contribution in [2.45, 2.75) is 71.2 Å². The van der Waals surface area contributed by atoms with Crippen molar-refractivity contribution in [3.63, 3.8) is 0 Å². The molecule has 149 valence electrons. The monoisotopic (exact) mass is 398 g/mol. The predicted octanol–water partition coefficient (Wildman–Crippen LogP) is 2.64. The molecule has 2 aliphatic heterocycles. The average molecular weight is 398 g/mol. The molecule has 2 heterocycles. The lowest BCUT2D eigenvalue weighted by Gasteiger charge is -2.35. The third-order valence-electron chi connectivity index (χ3n) is 3.97. The molecule has 7 nitrogen and oxygen atoms in total. The zero-order valence-corrected chi connectivity index (χ0v) is 17.4. The maximum absolute atomic E-state index is 12.8. The molecule has 1 radical (unpaired) electrons. The molecule has 1 fully saturated rings. The van der Waals surface area contributed by atoms with Gasteiger partial charge in [-0.1, -0.05) is 24.0 Å². The Morgan fingerprint density at radius 1 is 1.56 bits per heavy atom. The molecule has 3 atom stereocenters. The van der Waals surface area contributed by atoms with Crippen LogP contribution >= 0.6 is 11.9 Å². The van der Waals surface area contributed by atoms with Crippen LogP contribution < -0.4 is 0 Å². The topological polar surface area (TPSA) is 74.3 Å². The number of carbonyl (C=O) groups excluding carboxylic acids is 2. The number of hydrogen-bond donors (Lipinski definition) is 0. The number of carbonyl (C=O) groups is 2. The quantitative estimate of drug-likeness (QED) is 0.503. The van der Waals surface area contributed by atoms with Crippen molar-refractivity contribution in [1.82, 2.24) is 4.90 Å². The van der Waals surface area contributed by atoms with Gasteiger partial charge in [0.05, 0.1) is 12.6 Å². The van der Waals surface area contributed by atoms with Gasteiger partial charge in [-0.15, -0.1) is 0 Å². The van der Waals surface area contributed by atoms with Gasteiger partial charge in [-0.2, -0.15) is 0 Å². The van der Waals surface area contributed by atoms with Crippen molar-refractivity contribution < 1.29 is 28.0 Å². The third-order valence-corrected chi connectivity index (χ3v) is 4.30. The molecule has 2 aliphatic rings. The fraction of sp³-hybridized carbons (Fsp3) is 0.667. The minimum Gasteiger partial charge on any atom is -0.443 e. The zero-order chi connectivity index (χ0) is 21.1. The van der Waals surface area contributed by atoms with Crippen LogP contribution in [0.5, 0.6) is 0 Å². The highest BCUT2D eigenvalue weighted by Crippen LogP contribution is 2.35. The van der Waals surface area contributed by atoms with E-state index in [9.17, 15) is 9.59 Å². The Balaban J connectivity index is 2.39. The summed E-state index contributed by atoms with van der Waals surface area (Å²) in [5, 5.41) is 0. The number of amides is 2. The first kappa shape index (κ1) is 20.4. The van der Waals surface area contributed by atoms with Gasteiger partial charge in [0, 0.05) is 6.08 Å². The van der Waals surface area contributed by atoms with Crippen molar-refractivity contribution in [3.8, 4) is 0 Å². The molecule has 0 aromatic carbocycles. The highest BCUT2D eigenvalue weighted by atomic mass is 32.2. The van der Waals surface area contributed by atoms with Gasteiger partial charge in [0.2, 0.25) is 7.09 Å². The van der Waals surface area contributed by atoms with Crippen LogP contribution in [0, 0.1) is 0 Å². The van der Waals surface area contributed by atoms with Crippen LogP contribution in [-0.2, 0) is 23.2 Å². The van der Waals surface area contributed by atoms with Crippen molar-refractivity contribution >= 4 is 31.0 Å². The number of allylic oxidation sites excluding steroid dienone is 1. The summed E-state index contributed by atoms with van der Waals surface area (Å²) in [7, 11) is 1.03. The molecular formula is C18H27BNO6S. The Morgan fingerprint density at radius 2 is 2.26 bits per heavy atom.